The van der Waals surface area contributed by atoms with Gasteiger partial charge in [-0.2, -0.15) is 0 Å². The average molecular weight is 314 g/mol. The molecule has 0 spiro atoms. The van der Waals surface area contributed by atoms with Crippen molar-refractivity contribution < 1.29 is 9.59 Å². The van der Waals surface area contributed by atoms with Gasteiger partial charge in [-0.25, -0.2) is 4.79 Å². The molecule has 0 saturated carbocycles. The van der Waals surface area contributed by atoms with Gasteiger partial charge in [0.2, 0.25) is 5.91 Å². The SMILES string of the molecule is Cc1cccc2c(CCNC(=O)N3CCC[C@@H]3C(N)=O)c[nH]c12. The van der Waals surface area contributed by atoms with E-state index in [1.807, 2.05) is 12.3 Å². The second-order valence-corrected chi connectivity index (χ2v) is 6.05. The number of urea groups is 1. The highest BCUT2D eigenvalue weighted by atomic mass is 16.2. The van der Waals surface area contributed by atoms with Crippen LogP contribution >= 0.6 is 0 Å². The van der Waals surface area contributed by atoms with Crippen LogP contribution in [0.3, 0.4) is 0 Å². The number of aryl methyl sites for hydroxylation is 1. The summed E-state index contributed by atoms with van der Waals surface area (Å²) in [5.74, 6) is -0.426. The van der Waals surface area contributed by atoms with Crippen molar-refractivity contribution in [2.24, 2.45) is 5.73 Å². The van der Waals surface area contributed by atoms with Crippen LogP contribution in [0.4, 0.5) is 4.79 Å². The number of nitrogens with zero attached hydrogens (tertiary/aromatic N) is 1. The molecule has 1 aliphatic rings. The first-order valence-corrected chi connectivity index (χ1v) is 7.97. The number of amides is 3. The molecular weight excluding hydrogens is 292 g/mol. The number of nitrogens with two attached hydrogens (primary N) is 1. The molecule has 1 aliphatic heterocycles. The molecule has 6 heteroatoms. The third-order valence-electron chi connectivity index (χ3n) is 4.52. The lowest BCUT2D eigenvalue weighted by Gasteiger charge is -2.22. The lowest BCUT2D eigenvalue weighted by atomic mass is 10.1. The molecule has 4 N–H and O–H groups in total. The van der Waals surface area contributed by atoms with Gasteiger partial charge < -0.3 is 20.9 Å². The molecule has 1 saturated heterocycles. The van der Waals surface area contributed by atoms with E-state index in [9.17, 15) is 9.59 Å². The molecular formula is C17H22N4O2. The van der Waals surface area contributed by atoms with E-state index >= 15 is 0 Å². The van der Waals surface area contributed by atoms with Crippen molar-refractivity contribution in [1.82, 2.24) is 15.2 Å². The summed E-state index contributed by atoms with van der Waals surface area (Å²) < 4.78 is 0. The van der Waals surface area contributed by atoms with Gasteiger partial charge in [-0.05, 0) is 37.3 Å². The summed E-state index contributed by atoms with van der Waals surface area (Å²) in [4.78, 5) is 28.4. The molecule has 23 heavy (non-hydrogen) atoms. The van der Waals surface area contributed by atoms with Gasteiger partial charge in [0.15, 0.2) is 0 Å². The summed E-state index contributed by atoms with van der Waals surface area (Å²) in [6.45, 7) is 3.19. The van der Waals surface area contributed by atoms with Gasteiger partial charge in [0.25, 0.3) is 0 Å². The number of hydrogen-bond donors (Lipinski definition) is 3. The highest BCUT2D eigenvalue weighted by molar-refractivity contribution is 5.87. The molecule has 0 unspecified atom stereocenters. The van der Waals surface area contributed by atoms with Crippen LogP contribution < -0.4 is 11.1 Å². The minimum atomic E-state index is -0.467. The maximum atomic E-state index is 12.2. The van der Waals surface area contributed by atoms with Crippen LogP contribution in [0, 0.1) is 6.92 Å². The van der Waals surface area contributed by atoms with Crippen LogP contribution in [0.5, 0.6) is 0 Å². The minimum absolute atomic E-state index is 0.206. The minimum Gasteiger partial charge on any atom is -0.368 e. The van der Waals surface area contributed by atoms with Crippen LogP contribution in [-0.2, 0) is 11.2 Å². The second kappa shape index (κ2) is 6.32. The van der Waals surface area contributed by atoms with E-state index in [4.69, 9.17) is 5.73 Å². The van der Waals surface area contributed by atoms with Gasteiger partial charge in [-0.15, -0.1) is 0 Å². The van der Waals surface area contributed by atoms with E-state index < -0.39 is 11.9 Å². The molecule has 1 atom stereocenters. The number of carbonyl (C=O) groups is 2. The molecule has 122 valence electrons. The number of fused-ring (bicyclic) bond motifs is 1. The smallest absolute Gasteiger partial charge is 0.318 e. The number of benzene rings is 1. The fourth-order valence-electron chi connectivity index (χ4n) is 3.28. The number of hydrogen-bond acceptors (Lipinski definition) is 2. The first-order chi connectivity index (χ1) is 11.1. The van der Waals surface area contributed by atoms with Crippen molar-refractivity contribution in [2.75, 3.05) is 13.1 Å². The van der Waals surface area contributed by atoms with E-state index in [1.165, 1.54) is 16.5 Å². The zero-order chi connectivity index (χ0) is 16.4. The van der Waals surface area contributed by atoms with Crippen molar-refractivity contribution in [3.05, 3.63) is 35.5 Å². The van der Waals surface area contributed by atoms with E-state index in [0.29, 0.717) is 19.5 Å². The standard InChI is InChI=1S/C17H22N4O2/c1-11-4-2-5-13-12(10-20-15(11)13)7-8-19-17(23)21-9-3-6-14(21)16(18)22/h2,4-5,10,14,20H,3,6-9H2,1H3,(H2,18,22)(H,19,23)/t14-/m1/s1. The fourth-order valence-corrected chi connectivity index (χ4v) is 3.28. The zero-order valence-corrected chi connectivity index (χ0v) is 13.3. The van der Waals surface area contributed by atoms with Crippen molar-refractivity contribution >= 4 is 22.8 Å². The lowest BCUT2D eigenvalue weighted by Crippen LogP contribution is -2.48. The predicted octanol–water partition coefficient (Wildman–Crippen LogP) is 1.68. The van der Waals surface area contributed by atoms with Crippen LogP contribution in [0.1, 0.15) is 24.0 Å². The highest BCUT2D eigenvalue weighted by Gasteiger charge is 2.32. The molecule has 2 aromatic rings. The van der Waals surface area contributed by atoms with E-state index in [0.717, 1.165) is 18.4 Å². The van der Waals surface area contributed by atoms with Gasteiger partial charge >= 0.3 is 6.03 Å². The molecule has 0 radical (unpaired) electrons. The summed E-state index contributed by atoms with van der Waals surface area (Å²) in [6.07, 6.45) is 4.21. The Hall–Kier alpha value is -2.50. The van der Waals surface area contributed by atoms with E-state index in [1.54, 1.807) is 4.90 Å². The Morgan fingerprint density at radius 3 is 3.04 bits per heavy atom. The van der Waals surface area contributed by atoms with Gasteiger partial charge in [0.05, 0.1) is 0 Å². The number of H-pyrrole nitrogens is 1. The maximum absolute atomic E-state index is 12.2. The number of para-hydroxylation sites is 1. The van der Waals surface area contributed by atoms with E-state index in [2.05, 4.69) is 29.4 Å². The maximum Gasteiger partial charge on any atom is 0.318 e. The highest BCUT2D eigenvalue weighted by Crippen LogP contribution is 2.21. The summed E-state index contributed by atoms with van der Waals surface area (Å²) in [7, 11) is 0. The summed E-state index contributed by atoms with van der Waals surface area (Å²) in [5.41, 5.74) is 8.87. The van der Waals surface area contributed by atoms with E-state index in [-0.39, 0.29) is 6.03 Å². The Kier molecular flexibility index (Phi) is 4.23. The summed E-state index contributed by atoms with van der Waals surface area (Å²) >= 11 is 0. The third kappa shape index (κ3) is 3.02. The van der Waals surface area contributed by atoms with Gasteiger partial charge in [0.1, 0.15) is 6.04 Å². The van der Waals surface area contributed by atoms with Crippen LogP contribution in [0.25, 0.3) is 10.9 Å². The first-order valence-electron chi connectivity index (χ1n) is 7.97. The molecule has 3 amide bonds. The van der Waals surface area contributed by atoms with Crippen molar-refractivity contribution in [2.45, 2.75) is 32.2 Å². The normalized spacial score (nSPS) is 17.6. The number of aromatic amines is 1. The molecule has 1 aromatic carbocycles. The topological polar surface area (TPSA) is 91.2 Å². The molecule has 0 bridgehead atoms. The first kappa shape index (κ1) is 15.4. The Bertz CT molecular complexity index is 737. The predicted molar refractivity (Wildman–Crippen MR) is 89.1 cm³/mol. The number of nitrogens with one attached hydrogen (secondary N) is 2. The third-order valence-corrected chi connectivity index (χ3v) is 4.52. The Balaban J connectivity index is 1.59. The van der Waals surface area contributed by atoms with Crippen molar-refractivity contribution in [3.63, 3.8) is 0 Å². The van der Waals surface area contributed by atoms with Gasteiger partial charge in [-0.3, -0.25) is 4.79 Å². The van der Waals surface area contributed by atoms with Crippen molar-refractivity contribution in [1.29, 1.82) is 0 Å². The second-order valence-electron chi connectivity index (χ2n) is 6.05. The van der Waals surface area contributed by atoms with Gasteiger partial charge in [0, 0.05) is 30.2 Å². The number of likely N-dealkylation sites (tertiary alicyclic amines) is 1. The Morgan fingerprint density at radius 1 is 1.43 bits per heavy atom. The zero-order valence-electron chi connectivity index (χ0n) is 13.3. The average Bonchev–Trinajstić information content (AvgIpc) is 3.15. The monoisotopic (exact) mass is 314 g/mol. The Morgan fingerprint density at radius 2 is 2.26 bits per heavy atom. The fraction of sp³-hybridized carbons (Fsp3) is 0.412. The van der Waals surface area contributed by atoms with Gasteiger partial charge in [-0.1, -0.05) is 18.2 Å². The van der Waals surface area contributed by atoms with Crippen LogP contribution in [-0.4, -0.2) is 41.0 Å². The summed E-state index contributed by atoms with van der Waals surface area (Å²) in [5, 5.41) is 4.08. The lowest BCUT2D eigenvalue weighted by molar-refractivity contribution is -0.121. The number of primary amides is 1. The molecule has 2 heterocycles. The quantitative estimate of drug-likeness (QED) is 0.801. The van der Waals surface area contributed by atoms with Crippen molar-refractivity contribution in [3.8, 4) is 0 Å². The molecule has 1 fully saturated rings. The Labute approximate surface area is 135 Å². The summed E-state index contributed by atoms with van der Waals surface area (Å²) in [6, 6.07) is 5.52. The molecule has 0 aliphatic carbocycles. The largest absolute Gasteiger partial charge is 0.368 e. The molecule has 6 nitrogen and oxygen atoms in total. The number of aromatic nitrogens is 1. The van der Waals surface area contributed by atoms with Crippen LogP contribution in [0.15, 0.2) is 24.4 Å². The molecule has 3 rings (SSSR count). The molecule has 1 aromatic heterocycles. The van der Waals surface area contributed by atoms with Crippen LogP contribution in [0.2, 0.25) is 0 Å². The number of carbonyl (C=O) groups excluding carboxylic acids is 2. The number of rotatable bonds is 4.